The number of hydrogen-bond acceptors (Lipinski definition) is 19. The molecule has 0 saturated heterocycles. The highest BCUT2D eigenvalue weighted by Gasteiger charge is 2.39. The molecular weight excluding hydrogens is 714 g/mol. The van der Waals surface area contributed by atoms with Crippen LogP contribution in [0.1, 0.15) is 67.6 Å². The van der Waals surface area contributed by atoms with Crippen LogP contribution in [-0.4, -0.2) is 89.3 Å². The van der Waals surface area contributed by atoms with Crippen molar-refractivity contribution >= 4 is 58.6 Å². The lowest BCUT2D eigenvalue weighted by atomic mass is 10.3. The molecule has 0 fully saturated rings. The Morgan fingerprint density at radius 1 is 0.438 bits per heavy atom. The Labute approximate surface area is 281 Å². The molecule has 0 amide bonds. The number of nitrogens with zero attached hydrogens (tertiary/aromatic N) is 6. The number of rotatable bonds is 25. The van der Waals surface area contributed by atoms with Crippen molar-refractivity contribution in [3.8, 4) is 0 Å². The normalized spacial score (nSPS) is 12.8. The van der Waals surface area contributed by atoms with Crippen LogP contribution in [0.2, 0.25) is 0 Å². The van der Waals surface area contributed by atoms with Crippen LogP contribution in [0.4, 0.5) is 5.95 Å². The van der Waals surface area contributed by atoms with Gasteiger partial charge in [0.15, 0.2) is 0 Å². The molecule has 48 heavy (non-hydrogen) atoms. The van der Waals surface area contributed by atoms with Crippen LogP contribution in [-0.2, 0) is 60.9 Å². The zero-order chi connectivity index (χ0) is 35.8. The summed E-state index contributed by atoms with van der Waals surface area (Å²) in [5.74, 6) is -0.0110. The molecule has 0 saturated carbocycles. The van der Waals surface area contributed by atoms with E-state index in [9.17, 15) is 18.3 Å². The van der Waals surface area contributed by atoms with Gasteiger partial charge in [0.05, 0.1) is 52.9 Å². The largest absolute Gasteiger partial charge is 0.398 e. The summed E-state index contributed by atoms with van der Waals surface area (Å²) < 4.78 is 97.6. The average molecular weight is 762 g/mol. The second-order valence-electron chi connectivity index (χ2n) is 8.97. The van der Waals surface area contributed by atoms with Crippen molar-refractivity contribution in [3.05, 3.63) is 5.82 Å². The Morgan fingerprint density at radius 2 is 0.708 bits per heavy atom. The SMILES string of the molecule is CCOP(=O)(OCC)c1nc(CCCNc2nc(P(=O)(OCC)OCC)nc(P(=O)(OCC)OCC)n2)nc(P(=O)(OCC)OCC)n1. The van der Waals surface area contributed by atoms with Gasteiger partial charge in [0.25, 0.3) is 0 Å². The van der Waals surface area contributed by atoms with Crippen LogP contribution in [0.5, 0.6) is 0 Å². The highest BCUT2D eigenvalue weighted by Crippen LogP contribution is 2.49. The van der Waals surface area contributed by atoms with Crippen molar-refractivity contribution in [1.29, 1.82) is 0 Å². The van der Waals surface area contributed by atoms with E-state index in [1.807, 2.05) is 0 Å². The minimum atomic E-state index is -4.05. The molecule has 0 bridgehead atoms. The summed E-state index contributed by atoms with van der Waals surface area (Å²) in [4.78, 5) is 25.4. The van der Waals surface area contributed by atoms with Gasteiger partial charge in [-0.25, -0.2) is 9.97 Å². The first-order valence-electron chi connectivity index (χ1n) is 15.7. The minimum absolute atomic E-state index is 0.0184. The summed E-state index contributed by atoms with van der Waals surface area (Å²) in [6.07, 6.45) is 0.424. The Hall–Kier alpha value is -1.58. The van der Waals surface area contributed by atoms with Crippen molar-refractivity contribution in [3.63, 3.8) is 0 Å². The monoisotopic (exact) mass is 761 g/mol. The quantitative estimate of drug-likeness (QED) is 0.112. The summed E-state index contributed by atoms with van der Waals surface area (Å²) in [7, 11) is -16.1. The van der Waals surface area contributed by atoms with Gasteiger partial charge in [-0.15, -0.1) is 0 Å². The molecule has 0 spiro atoms. The molecule has 2 aromatic heterocycles. The average Bonchev–Trinajstić information content (AvgIpc) is 3.04. The van der Waals surface area contributed by atoms with E-state index in [1.165, 1.54) is 0 Å². The molecule has 23 heteroatoms. The maximum Gasteiger partial charge on any atom is 0.398 e. The van der Waals surface area contributed by atoms with Gasteiger partial charge in [0.2, 0.25) is 28.2 Å². The fourth-order valence-electron chi connectivity index (χ4n) is 3.85. The molecule has 274 valence electrons. The van der Waals surface area contributed by atoms with Crippen LogP contribution in [0.25, 0.3) is 0 Å². The molecule has 2 heterocycles. The van der Waals surface area contributed by atoms with E-state index in [1.54, 1.807) is 55.4 Å². The zero-order valence-corrected chi connectivity index (χ0v) is 32.2. The first kappa shape index (κ1) is 42.6. The van der Waals surface area contributed by atoms with E-state index in [4.69, 9.17) is 36.2 Å². The summed E-state index contributed by atoms with van der Waals surface area (Å²) >= 11 is 0. The smallest absolute Gasteiger partial charge is 0.354 e. The van der Waals surface area contributed by atoms with Gasteiger partial charge in [-0.1, -0.05) is 0 Å². The van der Waals surface area contributed by atoms with Crippen LogP contribution in [0.15, 0.2) is 0 Å². The van der Waals surface area contributed by atoms with Gasteiger partial charge in [-0.2, -0.15) is 19.9 Å². The minimum Gasteiger partial charge on any atom is -0.354 e. The molecule has 0 atom stereocenters. The molecule has 0 aromatic carbocycles. The third kappa shape index (κ3) is 11.5. The summed E-state index contributed by atoms with van der Waals surface area (Å²) in [6, 6.07) is 0. The van der Waals surface area contributed by atoms with E-state index in [-0.39, 0.29) is 99.9 Å². The number of aryl methyl sites for hydroxylation is 1. The predicted molar refractivity (Wildman–Crippen MR) is 178 cm³/mol. The highest BCUT2D eigenvalue weighted by atomic mass is 31.2. The highest BCUT2D eigenvalue weighted by molar-refractivity contribution is 7.63. The number of hydrogen-bond donors (Lipinski definition) is 1. The topological polar surface area (TPSA) is 231 Å². The van der Waals surface area contributed by atoms with Gasteiger partial charge < -0.3 is 41.5 Å². The molecule has 0 unspecified atom stereocenters. The summed E-state index contributed by atoms with van der Waals surface area (Å²) in [5, 5.41) is 2.97. The first-order chi connectivity index (χ1) is 22.9. The number of nitrogens with one attached hydrogen (secondary N) is 1. The molecule has 0 aliphatic heterocycles. The van der Waals surface area contributed by atoms with Crippen LogP contribution in [0.3, 0.4) is 0 Å². The second kappa shape index (κ2) is 20.3. The number of anilines is 1. The Morgan fingerprint density at radius 3 is 0.979 bits per heavy atom. The van der Waals surface area contributed by atoms with Crippen molar-refractivity contribution < 1.29 is 54.5 Å². The van der Waals surface area contributed by atoms with Crippen LogP contribution >= 0.6 is 30.4 Å². The van der Waals surface area contributed by atoms with E-state index < -0.39 is 30.4 Å². The zero-order valence-electron chi connectivity index (χ0n) is 28.6. The van der Waals surface area contributed by atoms with Gasteiger partial charge in [0, 0.05) is 13.0 Å². The van der Waals surface area contributed by atoms with Crippen molar-refractivity contribution in [1.82, 2.24) is 29.9 Å². The van der Waals surface area contributed by atoms with E-state index >= 15 is 0 Å². The molecular formula is C25H47N7O12P4. The van der Waals surface area contributed by atoms with Crippen molar-refractivity contribution in [2.24, 2.45) is 0 Å². The van der Waals surface area contributed by atoms with Crippen LogP contribution in [0, 0.1) is 0 Å². The molecule has 0 aliphatic carbocycles. The van der Waals surface area contributed by atoms with Gasteiger partial charge in [-0.3, -0.25) is 18.3 Å². The first-order valence-corrected chi connectivity index (χ1v) is 21.9. The Kier molecular flexibility index (Phi) is 18.0. The molecule has 0 aliphatic rings. The third-order valence-corrected chi connectivity index (χ3v) is 13.0. The van der Waals surface area contributed by atoms with Gasteiger partial charge in [-0.05, 0) is 61.8 Å². The molecule has 19 nitrogen and oxygen atoms in total. The Bertz CT molecular complexity index is 1260. The number of aromatic nitrogens is 6. The Balaban J connectivity index is 2.50. The lowest BCUT2D eigenvalue weighted by molar-refractivity contribution is 0.225. The predicted octanol–water partition coefficient (Wildman–Crippen LogP) is 3.67. The van der Waals surface area contributed by atoms with Crippen molar-refractivity contribution in [2.75, 3.05) is 64.7 Å². The maximum absolute atomic E-state index is 13.6. The molecule has 2 rings (SSSR count). The molecule has 2 aromatic rings. The molecule has 1 N–H and O–H groups in total. The van der Waals surface area contributed by atoms with E-state index in [0.29, 0.717) is 6.42 Å². The van der Waals surface area contributed by atoms with Crippen molar-refractivity contribution in [2.45, 2.75) is 68.2 Å². The summed E-state index contributed by atoms with van der Waals surface area (Å²) in [5.41, 5.74) is -1.43. The van der Waals surface area contributed by atoms with Crippen LogP contribution < -0.4 is 27.6 Å². The fourth-order valence-corrected chi connectivity index (χ4v) is 9.73. The lowest BCUT2D eigenvalue weighted by Gasteiger charge is -2.20. The standard InChI is InChI=1S/C25H47N7O12P4/c1-9-37-45(33,38-10-2)22-27-20(28-23(31-22)46(34,39-11-3)40-12-4)18-17-19-26-21-29-24(47(35,41-13-5)42-14-6)32-25(30-21)48(36,43-15-7)44-16-8/h9-19H2,1-8H3,(H,26,29,30,32). The maximum atomic E-state index is 13.6. The summed E-state index contributed by atoms with van der Waals surface area (Å²) in [6.45, 7) is 13.4. The second-order valence-corrected chi connectivity index (χ2v) is 16.6. The van der Waals surface area contributed by atoms with E-state index in [0.717, 1.165) is 0 Å². The fraction of sp³-hybridized carbons (Fsp3) is 0.760. The third-order valence-electron chi connectivity index (χ3n) is 5.50. The molecule has 0 radical (unpaired) electrons. The van der Waals surface area contributed by atoms with Gasteiger partial charge >= 0.3 is 30.4 Å². The van der Waals surface area contributed by atoms with Gasteiger partial charge in [0.1, 0.15) is 5.82 Å². The lowest BCUT2D eigenvalue weighted by Crippen LogP contribution is -2.32. The van der Waals surface area contributed by atoms with E-state index in [2.05, 4.69) is 35.2 Å².